The number of halogens is 2. The first-order chi connectivity index (χ1) is 23.5. The number of primary amides is 1. The van der Waals surface area contributed by atoms with E-state index in [9.17, 15) is 37.0 Å². The molecule has 1 heterocycles. The van der Waals surface area contributed by atoms with Gasteiger partial charge in [-0.15, -0.1) is 0 Å². The number of benzene rings is 1. The number of rotatable bonds is 16. The van der Waals surface area contributed by atoms with Crippen LogP contribution in [0.2, 0.25) is 0 Å². The summed E-state index contributed by atoms with van der Waals surface area (Å²) in [5.74, 6) is 0.979. The number of carbonyl (C=O) groups is 5. The third-order valence-electron chi connectivity index (χ3n) is 10.5. The number of alkyl halides is 2. The van der Waals surface area contributed by atoms with E-state index in [2.05, 4.69) is 27.1 Å². The first kappa shape index (κ1) is 41.7. The Morgan fingerprint density at radius 3 is 2.14 bits per heavy atom. The zero-order valence-electron chi connectivity index (χ0n) is 31.1. The predicted molar refractivity (Wildman–Crippen MR) is 195 cm³/mol. The third kappa shape index (κ3) is 10.4. The molecule has 2 fully saturated rings. The van der Waals surface area contributed by atoms with E-state index >= 15 is 0 Å². The highest BCUT2D eigenvalue weighted by Gasteiger charge is 2.70. The Hall–Kier alpha value is -3.75. The quantitative estimate of drug-likeness (QED) is 0.163. The van der Waals surface area contributed by atoms with Crippen LogP contribution in [0.4, 0.5) is 13.6 Å². The van der Waals surface area contributed by atoms with Crippen LogP contribution in [0, 0.1) is 22.7 Å². The van der Waals surface area contributed by atoms with Crippen LogP contribution in [0.5, 0.6) is 0 Å². The summed E-state index contributed by atoms with van der Waals surface area (Å²) in [7, 11) is -2.46. The normalized spacial score (nSPS) is 21.9. The molecule has 6 N–H and O–H groups in total. The summed E-state index contributed by atoms with van der Waals surface area (Å²) in [5, 5.41) is 10.9. The van der Waals surface area contributed by atoms with Crippen molar-refractivity contribution in [1.82, 2.24) is 26.2 Å². The lowest BCUT2D eigenvalue weighted by Gasteiger charge is -2.39. The van der Waals surface area contributed by atoms with Crippen LogP contribution in [0.3, 0.4) is 0 Å². The Bertz CT molecular complexity index is 1570. The lowest BCUT2D eigenvalue weighted by atomic mass is 9.85. The van der Waals surface area contributed by atoms with Crippen LogP contribution >= 0.6 is 0 Å². The molecule has 5 unspecified atom stereocenters. The van der Waals surface area contributed by atoms with Gasteiger partial charge in [-0.25, -0.2) is 13.6 Å². The molecule has 1 aliphatic heterocycles. The van der Waals surface area contributed by atoms with Crippen molar-refractivity contribution in [2.45, 2.75) is 104 Å². The lowest BCUT2D eigenvalue weighted by Crippen LogP contribution is -2.63. The molecule has 0 spiro atoms. The molecule has 6 atom stereocenters. The molecule has 1 aromatic carbocycles. The summed E-state index contributed by atoms with van der Waals surface area (Å²) < 4.78 is 40.0. The number of amides is 6. The summed E-state index contributed by atoms with van der Waals surface area (Å²) in [4.78, 5) is 67.6. The predicted octanol–water partition coefficient (Wildman–Crippen LogP) is 2.69. The highest BCUT2D eigenvalue weighted by atomic mass is 32.2. The maximum absolute atomic E-state index is 14.3. The lowest BCUT2D eigenvalue weighted by molar-refractivity contribution is -0.144. The molecule has 1 aliphatic carbocycles. The summed E-state index contributed by atoms with van der Waals surface area (Å²) in [6.45, 7) is 13.3. The molecule has 3 rings (SSSR count). The third-order valence-corrected chi connectivity index (χ3v) is 11.6. The van der Waals surface area contributed by atoms with Crippen LogP contribution in [-0.2, 0) is 30.3 Å². The molecule has 1 aromatic rings. The van der Waals surface area contributed by atoms with E-state index in [1.165, 1.54) is 11.2 Å². The average Bonchev–Trinajstić information content (AvgIpc) is 3.32. The number of nitrogens with two attached hydrogens (primary N) is 1. The molecule has 1 saturated carbocycles. The molecular weight excluding hydrogens is 682 g/mol. The standard InChI is InChI=1S/C36H56F2N6O6S/c1-10-36(11-2,20-51(8,9)50)43-33(49)42-28(34(3,4)5)32(48)44-19-23-26(35(23,6)7)27(44)31(47)41-24(18-25(37)38)30(46)40-17-16-21-12-14-22(15-13-21)29(39)45/h12-15,23-28H,8,10-11,16-20H2,1-7,9H3,(H2,39,45)(H,40,46)(H,41,47)(H2,42,43,49)/t23?,24?,26?,27?,28-,51?/m1/s1. The van der Waals surface area contributed by atoms with Crippen molar-refractivity contribution in [3.8, 4) is 0 Å². The van der Waals surface area contributed by atoms with Crippen molar-refractivity contribution < 1.29 is 37.0 Å². The number of likely N-dealkylation sites (tertiary alicyclic amines) is 1. The first-order valence-electron chi connectivity index (χ1n) is 17.4. The van der Waals surface area contributed by atoms with Gasteiger partial charge in [0.2, 0.25) is 30.1 Å². The number of nitrogens with zero attached hydrogens (tertiary/aromatic N) is 1. The summed E-state index contributed by atoms with van der Waals surface area (Å²) in [5.41, 5.74) is 4.43. The molecule has 0 radical (unpaired) electrons. The molecule has 51 heavy (non-hydrogen) atoms. The average molecular weight is 739 g/mol. The van der Waals surface area contributed by atoms with Crippen molar-refractivity contribution in [3.05, 3.63) is 35.4 Å². The topological polar surface area (TPSA) is 180 Å². The van der Waals surface area contributed by atoms with E-state index in [4.69, 9.17) is 5.73 Å². The second kappa shape index (κ2) is 15.9. The number of hydrogen-bond acceptors (Lipinski definition) is 6. The maximum Gasteiger partial charge on any atom is 0.315 e. The van der Waals surface area contributed by atoms with Gasteiger partial charge in [0, 0.05) is 37.1 Å². The number of fused-ring (bicyclic) bond motifs is 1. The zero-order valence-corrected chi connectivity index (χ0v) is 31.9. The van der Waals surface area contributed by atoms with Crippen LogP contribution < -0.4 is 27.0 Å². The zero-order chi connectivity index (χ0) is 38.7. The van der Waals surface area contributed by atoms with Gasteiger partial charge in [-0.05, 0) is 75.0 Å². The van der Waals surface area contributed by atoms with Gasteiger partial charge >= 0.3 is 6.03 Å². The van der Waals surface area contributed by atoms with Crippen LogP contribution in [0.15, 0.2) is 24.3 Å². The fourth-order valence-corrected chi connectivity index (χ4v) is 8.89. The number of urea groups is 1. The van der Waals surface area contributed by atoms with Gasteiger partial charge < -0.3 is 31.9 Å². The van der Waals surface area contributed by atoms with Crippen molar-refractivity contribution in [1.29, 1.82) is 0 Å². The van der Waals surface area contributed by atoms with E-state index < -0.39 is 81.1 Å². The van der Waals surface area contributed by atoms with Crippen molar-refractivity contribution in [2.75, 3.05) is 25.1 Å². The second-order valence-corrected chi connectivity index (χ2v) is 18.5. The number of hydrogen-bond donors (Lipinski definition) is 5. The summed E-state index contributed by atoms with van der Waals surface area (Å²) >= 11 is 0. The Labute approximate surface area is 300 Å². The van der Waals surface area contributed by atoms with E-state index in [0.717, 1.165) is 5.56 Å². The molecule has 286 valence electrons. The molecule has 2 aliphatic rings. The highest BCUT2D eigenvalue weighted by molar-refractivity contribution is 7.99. The molecule has 0 bridgehead atoms. The fraction of sp³-hybridized carbons (Fsp3) is 0.667. The van der Waals surface area contributed by atoms with Crippen molar-refractivity contribution in [3.63, 3.8) is 0 Å². The Morgan fingerprint density at radius 2 is 1.65 bits per heavy atom. The van der Waals surface area contributed by atoms with Crippen molar-refractivity contribution in [2.24, 2.45) is 28.4 Å². The van der Waals surface area contributed by atoms with Crippen LogP contribution in [-0.4, -0.2) is 99.8 Å². The Balaban J connectivity index is 1.79. The van der Waals surface area contributed by atoms with E-state index in [-0.39, 0.29) is 36.1 Å². The van der Waals surface area contributed by atoms with Gasteiger partial charge in [-0.2, -0.15) is 0 Å². The van der Waals surface area contributed by atoms with E-state index in [1.807, 2.05) is 27.7 Å². The molecular formula is C36H56F2N6O6S. The van der Waals surface area contributed by atoms with Crippen molar-refractivity contribution >= 4 is 45.1 Å². The van der Waals surface area contributed by atoms with E-state index in [0.29, 0.717) is 24.8 Å². The molecule has 6 amide bonds. The minimum atomic E-state index is -2.90. The van der Waals surface area contributed by atoms with Gasteiger partial charge in [-0.1, -0.05) is 60.6 Å². The summed E-state index contributed by atoms with van der Waals surface area (Å²) in [6, 6.07) is 2.11. The highest BCUT2D eigenvalue weighted by Crippen LogP contribution is 2.65. The van der Waals surface area contributed by atoms with E-state index in [1.54, 1.807) is 45.0 Å². The minimum Gasteiger partial charge on any atom is -0.366 e. The molecule has 15 heteroatoms. The second-order valence-electron chi connectivity index (χ2n) is 15.9. The largest absolute Gasteiger partial charge is 0.366 e. The summed E-state index contributed by atoms with van der Waals surface area (Å²) in [6.07, 6.45) is -0.996. The number of piperidine rings is 1. The van der Waals surface area contributed by atoms with Crippen LogP contribution in [0.25, 0.3) is 0 Å². The molecule has 1 saturated heterocycles. The van der Waals surface area contributed by atoms with Gasteiger partial charge in [-0.3, -0.25) is 23.4 Å². The van der Waals surface area contributed by atoms with Gasteiger partial charge in [0.1, 0.15) is 18.1 Å². The molecule has 12 nitrogen and oxygen atoms in total. The number of nitrogens with one attached hydrogen (secondary N) is 4. The monoisotopic (exact) mass is 738 g/mol. The van der Waals surface area contributed by atoms with Gasteiger partial charge in [0.25, 0.3) is 0 Å². The molecule has 0 aromatic heterocycles. The van der Waals surface area contributed by atoms with Gasteiger partial charge in [0.15, 0.2) is 0 Å². The fourth-order valence-electron chi connectivity index (χ4n) is 7.24. The maximum atomic E-state index is 14.3. The minimum absolute atomic E-state index is 0.0439. The number of carbonyl (C=O) groups excluding carboxylic acids is 5. The SMILES string of the molecule is C=S(C)(=O)CC(CC)(CC)NC(=O)N[C@H](C(=O)N1CC2C(C1C(=O)NC(CC(F)F)C(=O)NCCc1ccc(C(N)=O)cc1)C2(C)C)C(C)(C)C. The Kier molecular flexibility index (Phi) is 13.0. The van der Waals surface area contributed by atoms with Crippen LogP contribution in [0.1, 0.15) is 83.7 Å². The smallest absolute Gasteiger partial charge is 0.315 e. The van der Waals surface area contributed by atoms with Gasteiger partial charge in [0.05, 0.1) is 5.54 Å². The first-order valence-corrected chi connectivity index (χ1v) is 19.7. The Morgan fingerprint density at radius 1 is 1.06 bits per heavy atom.